The van der Waals surface area contributed by atoms with Gasteiger partial charge in [0.25, 0.3) is 0 Å². The molecule has 0 aromatic carbocycles. The minimum atomic E-state index is -3.62. The number of sulfonamides is 1. The van der Waals surface area contributed by atoms with Gasteiger partial charge in [-0.15, -0.1) is 0 Å². The summed E-state index contributed by atoms with van der Waals surface area (Å²) in [7, 11) is -2.06. The van der Waals surface area contributed by atoms with E-state index in [0.29, 0.717) is 13.2 Å². The lowest BCUT2D eigenvalue weighted by molar-refractivity contribution is 0.0736. The monoisotopic (exact) mass is 264 g/mol. The van der Waals surface area contributed by atoms with E-state index in [1.807, 2.05) is 0 Å². The van der Waals surface area contributed by atoms with E-state index in [0.717, 1.165) is 6.20 Å². The molecule has 0 aliphatic carbocycles. The number of hydrogen-bond acceptors (Lipinski definition) is 6. The van der Waals surface area contributed by atoms with Gasteiger partial charge in [-0.1, -0.05) is 0 Å². The number of aromatic amines is 1. The minimum absolute atomic E-state index is 0.0119. The van der Waals surface area contributed by atoms with Crippen LogP contribution >= 0.6 is 0 Å². The van der Waals surface area contributed by atoms with Crippen LogP contribution in [0.4, 0.5) is 5.82 Å². The average molecular weight is 264 g/mol. The van der Waals surface area contributed by atoms with Gasteiger partial charge in [0.15, 0.2) is 0 Å². The van der Waals surface area contributed by atoms with Gasteiger partial charge in [-0.05, 0) is 0 Å². The second-order valence-electron chi connectivity index (χ2n) is 3.15. The van der Waals surface area contributed by atoms with E-state index < -0.39 is 10.0 Å². The first-order chi connectivity index (χ1) is 8.08. The van der Waals surface area contributed by atoms with Crippen LogP contribution in [0.2, 0.25) is 0 Å². The molecule has 0 aliphatic heterocycles. The molecule has 0 atom stereocenters. The van der Waals surface area contributed by atoms with Gasteiger partial charge < -0.3 is 15.2 Å². The zero-order chi connectivity index (χ0) is 12.7. The number of nitrogens with zero attached hydrogens (tertiary/aromatic N) is 1. The van der Waals surface area contributed by atoms with Crippen molar-refractivity contribution in [3.05, 3.63) is 6.20 Å². The summed E-state index contributed by atoms with van der Waals surface area (Å²) in [5.74, 6) is 0.0119. The van der Waals surface area contributed by atoms with E-state index in [2.05, 4.69) is 14.9 Å². The van der Waals surface area contributed by atoms with E-state index in [4.69, 9.17) is 15.2 Å². The summed E-state index contributed by atoms with van der Waals surface area (Å²) >= 11 is 0. The maximum absolute atomic E-state index is 11.7. The van der Waals surface area contributed by atoms with Crippen LogP contribution in [0.15, 0.2) is 11.1 Å². The Hall–Kier alpha value is -1.16. The Morgan fingerprint density at radius 2 is 2.24 bits per heavy atom. The second-order valence-corrected chi connectivity index (χ2v) is 4.89. The number of nitrogen functional groups attached to an aromatic ring is 1. The summed E-state index contributed by atoms with van der Waals surface area (Å²) in [6, 6.07) is 0. The van der Waals surface area contributed by atoms with E-state index in [9.17, 15) is 8.42 Å². The molecule has 1 aromatic heterocycles. The van der Waals surface area contributed by atoms with Crippen molar-refractivity contribution < 1.29 is 17.9 Å². The average Bonchev–Trinajstić information content (AvgIpc) is 2.70. The van der Waals surface area contributed by atoms with Crippen molar-refractivity contribution in [3.8, 4) is 0 Å². The molecule has 0 saturated carbocycles. The Balaban J connectivity index is 2.34. The normalized spacial score (nSPS) is 11.8. The standard InChI is InChI=1S/C8H16N4O4S/c1-15-4-5-16-3-2-11-17(13,14)7-6-10-12-8(7)9/h6,11H,2-5H2,1H3,(H3,9,10,12). The number of aromatic nitrogens is 2. The molecule has 98 valence electrons. The molecule has 17 heavy (non-hydrogen) atoms. The molecule has 0 fully saturated rings. The molecule has 1 heterocycles. The van der Waals surface area contributed by atoms with E-state index in [1.54, 1.807) is 7.11 Å². The quantitative estimate of drug-likeness (QED) is 0.514. The maximum atomic E-state index is 11.7. The highest BCUT2D eigenvalue weighted by molar-refractivity contribution is 7.89. The molecule has 9 heteroatoms. The van der Waals surface area contributed by atoms with Gasteiger partial charge in [-0.25, -0.2) is 13.1 Å². The molecule has 0 radical (unpaired) electrons. The predicted molar refractivity (Wildman–Crippen MR) is 60.9 cm³/mol. The fourth-order valence-electron chi connectivity index (χ4n) is 1.07. The Bertz CT molecular complexity index is 430. The van der Waals surface area contributed by atoms with Gasteiger partial charge in [0, 0.05) is 13.7 Å². The van der Waals surface area contributed by atoms with Crippen LogP contribution in [-0.2, 0) is 19.5 Å². The highest BCUT2D eigenvalue weighted by Gasteiger charge is 2.18. The molecular weight excluding hydrogens is 248 g/mol. The van der Waals surface area contributed by atoms with Crippen molar-refractivity contribution in [3.63, 3.8) is 0 Å². The molecular formula is C8H16N4O4S. The van der Waals surface area contributed by atoms with Gasteiger partial charge in [0.2, 0.25) is 10.0 Å². The van der Waals surface area contributed by atoms with Crippen molar-refractivity contribution in [1.82, 2.24) is 14.9 Å². The van der Waals surface area contributed by atoms with Gasteiger partial charge >= 0.3 is 0 Å². The zero-order valence-electron chi connectivity index (χ0n) is 9.47. The molecule has 0 amide bonds. The smallest absolute Gasteiger partial charge is 0.245 e. The largest absolute Gasteiger partial charge is 0.383 e. The van der Waals surface area contributed by atoms with Crippen LogP contribution in [0, 0.1) is 0 Å². The van der Waals surface area contributed by atoms with Crippen molar-refractivity contribution in [2.24, 2.45) is 0 Å². The highest BCUT2D eigenvalue weighted by Crippen LogP contribution is 2.12. The molecule has 8 nitrogen and oxygen atoms in total. The molecule has 4 N–H and O–H groups in total. The molecule has 1 rings (SSSR count). The molecule has 0 spiro atoms. The summed E-state index contributed by atoms with van der Waals surface area (Å²) in [6.45, 7) is 1.32. The number of H-pyrrole nitrogens is 1. The SMILES string of the molecule is COCCOCCNS(=O)(=O)c1cn[nH]c1N. The summed E-state index contributed by atoms with van der Waals surface area (Å²) in [5.41, 5.74) is 5.41. The topological polar surface area (TPSA) is 119 Å². The molecule has 0 unspecified atom stereocenters. The number of nitrogens with two attached hydrogens (primary N) is 1. The lowest BCUT2D eigenvalue weighted by Gasteiger charge is -2.06. The Morgan fingerprint density at radius 1 is 1.47 bits per heavy atom. The van der Waals surface area contributed by atoms with Gasteiger partial charge in [0.1, 0.15) is 10.7 Å². The highest BCUT2D eigenvalue weighted by atomic mass is 32.2. The molecule has 0 bridgehead atoms. The predicted octanol–water partition coefficient (Wildman–Crippen LogP) is -1.07. The molecule has 0 aliphatic rings. The number of ether oxygens (including phenoxy) is 2. The summed E-state index contributed by atoms with van der Waals surface area (Å²) in [4.78, 5) is -0.0607. The van der Waals surface area contributed by atoms with Crippen molar-refractivity contribution >= 4 is 15.8 Å². The molecule has 0 saturated heterocycles. The van der Waals surface area contributed by atoms with Gasteiger partial charge in [0.05, 0.1) is 26.0 Å². The van der Waals surface area contributed by atoms with Gasteiger partial charge in [-0.3, -0.25) is 5.10 Å². The Kier molecular flexibility index (Phi) is 5.35. The fraction of sp³-hybridized carbons (Fsp3) is 0.625. The van der Waals surface area contributed by atoms with E-state index in [-0.39, 0.29) is 23.9 Å². The first-order valence-corrected chi connectivity index (χ1v) is 6.41. The van der Waals surface area contributed by atoms with Crippen LogP contribution in [0.25, 0.3) is 0 Å². The lowest BCUT2D eigenvalue weighted by atomic mass is 10.7. The van der Waals surface area contributed by atoms with Crippen LogP contribution in [0.3, 0.4) is 0 Å². The first kappa shape index (κ1) is 13.9. The fourth-order valence-corrected chi connectivity index (χ4v) is 2.10. The third kappa shape index (κ3) is 4.30. The lowest BCUT2D eigenvalue weighted by Crippen LogP contribution is -2.28. The van der Waals surface area contributed by atoms with E-state index in [1.165, 1.54) is 0 Å². The third-order valence-electron chi connectivity index (χ3n) is 1.89. The number of anilines is 1. The van der Waals surface area contributed by atoms with Crippen LogP contribution in [0.1, 0.15) is 0 Å². The summed E-state index contributed by atoms with van der Waals surface area (Å²) in [6.07, 6.45) is 1.16. The second kappa shape index (κ2) is 6.55. The summed E-state index contributed by atoms with van der Waals surface area (Å²) in [5, 5.41) is 5.89. The van der Waals surface area contributed by atoms with Crippen molar-refractivity contribution in [2.75, 3.05) is 39.2 Å². The van der Waals surface area contributed by atoms with Crippen molar-refractivity contribution in [1.29, 1.82) is 0 Å². The molecule has 1 aromatic rings. The van der Waals surface area contributed by atoms with Crippen LogP contribution in [-0.4, -0.2) is 52.1 Å². The third-order valence-corrected chi connectivity index (χ3v) is 3.38. The number of methoxy groups -OCH3 is 1. The van der Waals surface area contributed by atoms with E-state index >= 15 is 0 Å². The Labute approximate surface area is 99.5 Å². The van der Waals surface area contributed by atoms with Gasteiger partial charge in [-0.2, -0.15) is 5.10 Å². The maximum Gasteiger partial charge on any atom is 0.245 e. The Morgan fingerprint density at radius 3 is 2.82 bits per heavy atom. The first-order valence-electron chi connectivity index (χ1n) is 4.93. The number of rotatable bonds is 8. The van der Waals surface area contributed by atoms with Crippen molar-refractivity contribution in [2.45, 2.75) is 4.90 Å². The van der Waals surface area contributed by atoms with Crippen LogP contribution in [0.5, 0.6) is 0 Å². The minimum Gasteiger partial charge on any atom is -0.383 e. The zero-order valence-corrected chi connectivity index (χ0v) is 10.3. The summed E-state index contributed by atoms with van der Waals surface area (Å²) < 4.78 is 35.6. The van der Waals surface area contributed by atoms with Crippen LogP contribution < -0.4 is 10.5 Å². The number of hydrogen-bond donors (Lipinski definition) is 3. The number of nitrogens with one attached hydrogen (secondary N) is 2.